The van der Waals surface area contributed by atoms with Gasteiger partial charge < -0.3 is 10.1 Å². The Morgan fingerprint density at radius 3 is 2.61 bits per heavy atom. The lowest BCUT2D eigenvalue weighted by atomic mass is 10.0. The summed E-state index contributed by atoms with van der Waals surface area (Å²) in [5.41, 5.74) is 2.28. The molecule has 144 valence electrons. The summed E-state index contributed by atoms with van der Waals surface area (Å²) in [7, 11) is 0. The summed E-state index contributed by atoms with van der Waals surface area (Å²) >= 11 is 6.30. The highest BCUT2D eigenvalue weighted by atomic mass is 35.5. The van der Waals surface area contributed by atoms with E-state index < -0.39 is 5.97 Å². The van der Waals surface area contributed by atoms with Gasteiger partial charge in [0.2, 0.25) is 0 Å². The average Bonchev–Trinajstić information content (AvgIpc) is 2.71. The Hall–Kier alpha value is -2.92. The Labute approximate surface area is 168 Å². The number of carbonyl (C=O) groups is 2. The predicted octanol–water partition coefficient (Wildman–Crippen LogP) is 4.63. The molecule has 0 aliphatic rings. The fourth-order valence-electron chi connectivity index (χ4n) is 2.78. The normalized spacial score (nSPS) is 11.8. The van der Waals surface area contributed by atoms with Gasteiger partial charge in [-0.1, -0.05) is 54.9 Å². The van der Waals surface area contributed by atoms with Gasteiger partial charge in [0.05, 0.1) is 16.8 Å². The number of fused-ring (bicyclic) bond motifs is 1. The maximum absolute atomic E-state index is 12.7. The number of nitrogens with zero attached hydrogens (tertiary/aromatic N) is 1. The second-order valence-corrected chi connectivity index (χ2v) is 6.91. The number of pyridine rings is 1. The maximum Gasteiger partial charge on any atom is 0.339 e. The van der Waals surface area contributed by atoms with E-state index in [-0.39, 0.29) is 18.6 Å². The van der Waals surface area contributed by atoms with E-state index in [2.05, 4.69) is 10.3 Å². The Morgan fingerprint density at radius 1 is 1.14 bits per heavy atom. The van der Waals surface area contributed by atoms with Crippen molar-refractivity contribution in [2.24, 2.45) is 0 Å². The van der Waals surface area contributed by atoms with Gasteiger partial charge in [0, 0.05) is 22.0 Å². The Balaban J connectivity index is 1.92. The number of hydrogen-bond donors (Lipinski definition) is 1. The van der Waals surface area contributed by atoms with Crippen molar-refractivity contribution in [3.8, 4) is 11.3 Å². The second kappa shape index (κ2) is 8.85. The van der Waals surface area contributed by atoms with Gasteiger partial charge in [0.15, 0.2) is 6.61 Å². The SMILES string of the molecule is CCC(C)NC(=O)COC(=O)c1cc(-c2ccccc2Cl)nc2ccccc12. The average molecular weight is 397 g/mol. The number of halogens is 1. The third kappa shape index (κ3) is 4.49. The molecule has 1 N–H and O–H groups in total. The molecule has 0 bridgehead atoms. The molecule has 0 aliphatic heterocycles. The van der Waals surface area contributed by atoms with Crippen LogP contribution in [0.25, 0.3) is 22.2 Å². The third-order valence-electron chi connectivity index (χ3n) is 4.44. The van der Waals surface area contributed by atoms with E-state index in [1.807, 2.05) is 50.2 Å². The van der Waals surface area contributed by atoms with Gasteiger partial charge in [0.1, 0.15) is 0 Å². The van der Waals surface area contributed by atoms with Crippen LogP contribution >= 0.6 is 11.6 Å². The van der Waals surface area contributed by atoms with E-state index in [1.165, 1.54) is 0 Å². The molecule has 1 heterocycles. The molecular formula is C22H21ClN2O3. The van der Waals surface area contributed by atoms with E-state index in [4.69, 9.17) is 16.3 Å². The summed E-state index contributed by atoms with van der Waals surface area (Å²) in [4.78, 5) is 29.3. The Kier molecular flexibility index (Phi) is 6.26. The van der Waals surface area contributed by atoms with Gasteiger partial charge in [-0.25, -0.2) is 9.78 Å². The largest absolute Gasteiger partial charge is 0.452 e. The van der Waals surface area contributed by atoms with Crippen LogP contribution in [0.1, 0.15) is 30.6 Å². The van der Waals surface area contributed by atoms with E-state index in [9.17, 15) is 9.59 Å². The number of esters is 1. The van der Waals surface area contributed by atoms with Crippen LogP contribution in [-0.4, -0.2) is 29.5 Å². The zero-order valence-electron chi connectivity index (χ0n) is 15.7. The highest BCUT2D eigenvalue weighted by Crippen LogP contribution is 2.30. The van der Waals surface area contributed by atoms with Crippen molar-refractivity contribution in [2.75, 3.05) is 6.61 Å². The van der Waals surface area contributed by atoms with Gasteiger partial charge in [-0.2, -0.15) is 0 Å². The number of rotatable bonds is 6. The van der Waals surface area contributed by atoms with Crippen LogP contribution in [0, 0.1) is 0 Å². The molecule has 0 spiro atoms. The van der Waals surface area contributed by atoms with Crippen molar-refractivity contribution < 1.29 is 14.3 Å². The van der Waals surface area contributed by atoms with Crippen molar-refractivity contribution >= 4 is 34.4 Å². The lowest BCUT2D eigenvalue weighted by molar-refractivity contribution is -0.124. The summed E-state index contributed by atoms with van der Waals surface area (Å²) in [6, 6.07) is 16.3. The fourth-order valence-corrected chi connectivity index (χ4v) is 3.01. The van der Waals surface area contributed by atoms with E-state index in [0.29, 0.717) is 27.2 Å². The Morgan fingerprint density at radius 2 is 1.86 bits per heavy atom. The third-order valence-corrected chi connectivity index (χ3v) is 4.77. The molecule has 6 heteroatoms. The predicted molar refractivity (Wildman–Crippen MR) is 110 cm³/mol. The summed E-state index contributed by atoms with van der Waals surface area (Å²) < 4.78 is 5.25. The Bertz CT molecular complexity index is 1020. The first kappa shape index (κ1) is 19.8. The molecular weight excluding hydrogens is 376 g/mol. The molecule has 1 atom stereocenters. The zero-order chi connectivity index (χ0) is 20.1. The first-order valence-corrected chi connectivity index (χ1v) is 9.48. The minimum absolute atomic E-state index is 0.0276. The van der Waals surface area contributed by atoms with Crippen LogP contribution < -0.4 is 5.32 Å². The lowest BCUT2D eigenvalue weighted by Crippen LogP contribution is -2.35. The van der Waals surface area contributed by atoms with Crippen LogP contribution in [0.5, 0.6) is 0 Å². The number of carbonyl (C=O) groups excluding carboxylic acids is 2. The van der Waals surface area contributed by atoms with Gasteiger partial charge in [-0.15, -0.1) is 0 Å². The molecule has 3 rings (SSSR count). The number of amides is 1. The molecule has 0 saturated carbocycles. The smallest absolute Gasteiger partial charge is 0.339 e. The first-order chi connectivity index (χ1) is 13.5. The monoisotopic (exact) mass is 396 g/mol. The molecule has 0 aliphatic carbocycles. The highest BCUT2D eigenvalue weighted by Gasteiger charge is 2.17. The minimum Gasteiger partial charge on any atom is -0.452 e. The molecule has 3 aromatic rings. The van der Waals surface area contributed by atoms with Crippen LogP contribution in [0.3, 0.4) is 0 Å². The summed E-state index contributed by atoms with van der Waals surface area (Å²) in [5, 5.41) is 3.97. The lowest BCUT2D eigenvalue weighted by Gasteiger charge is -2.13. The number of hydrogen-bond acceptors (Lipinski definition) is 4. The first-order valence-electron chi connectivity index (χ1n) is 9.10. The number of para-hydroxylation sites is 1. The molecule has 28 heavy (non-hydrogen) atoms. The number of nitrogens with one attached hydrogen (secondary N) is 1. The van der Waals surface area contributed by atoms with Gasteiger partial charge in [0.25, 0.3) is 5.91 Å². The van der Waals surface area contributed by atoms with Crippen molar-refractivity contribution in [2.45, 2.75) is 26.3 Å². The molecule has 5 nitrogen and oxygen atoms in total. The van der Waals surface area contributed by atoms with E-state index in [0.717, 1.165) is 12.0 Å². The molecule has 0 radical (unpaired) electrons. The van der Waals surface area contributed by atoms with Crippen molar-refractivity contribution in [3.63, 3.8) is 0 Å². The molecule has 0 saturated heterocycles. The number of aromatic nitrogens is 1. The summed E-state index contributed by atoms with van der Waals surface area (Å²) in [6.45, 7) is 3.53. The topological polar surface area (TPSA) is 68.3 Å². The minimum atomic E-state index is -0.578. The van der Waals surface area contributed by atoms with Gasteiger partial charge in [-0.05, 0) is 31.5 Å². The van der Waals surface area contributed by atoms with Crippen LogP contribution in [-0.2, 0) is 9.53 Å². The fraction of sp³-hybridized carbons (Fsp3) is 0.227. The summed E-state index contributed by atoms with van der Waals surface area (Å²) in [5.74, 6) is -0.904. The van der Waals surface area contributed by atoms with Crippen LogP contribution in [0.2, 0.25) is 5.02 Å². The van der Waals surface area contributed by atoms with Crippen molar-refractivity contribution in [3.05, 3.63) is 65.2 Å². The van der Waals surface area contributed by atoms with Gasteiger partial charge >= 0.3 is 5.97 Å². The number of ether oxygens (including phenoxy) is 1. The van der Waals surface area contributed by atoms with Gasteiger partial charge in [-0.3, -0.25) is 4.79 Å². The molecule has 0 fully saturated rings. The molecule has 1 amide bonds. The maximum atomic E-state index is 12.7. The summed E-state index contributed by atoms with van der Waals surface area (Å²) in [6.07, 6.45) is 0.801. The van der Waals surface area contributed by atoms with E-state index >= 15 is 0 Å². The molecule has 1 unspecified atom stereocenters. The van der Waals surface area contributed by atoms with E-state index in [1.54, 1.807) is 18.2 Å². The highest BCUT2D eigenvalue weighted by molar-refractivity contribution is 6.33. The standard InChI is InChI=1S/C22H21ClN2O3/c1-3-14(2)24-21(26)13-28-22(27)17-12-20(16-9-4-6-10-18(16)23)25-19-11-7-5-8-15(17)19/h4-12,14H,3,13H2,1-2H3,(H,24,26). The molecule has 1 aromatic heterocycles. The zero-order valence-corrected chi connectivity index (χ0v) is 16.5. The quantitative estimate of drug-likeness (QED) is 0.617. The van der Waals surface area contributed by atoms with Crippen molar-refractivity contribution in [1.82, 2.24) is 10.3 Å². The molecule has 2 aromatic carbocycles. The second-order valence-electron chi connectivity index (χ2n) is 6.50. The van der Waals surface area contributed by atoms with Crippen LogP contribution in [0.4, 0.5) is 0 Å². The van der Waals surface area contributed by atoms with Crippen LogP contribution in [0.15, 0.2) is 54.6 Å². The van der Waals surface area contributed by atoms with Crippen molar-refractivity contribution in [1.29, 1.82) is 0 Å². The number of benzene rings is 2.